The normalized spacial score (nSPS) is 0. The standard InChI is InChI=1S/Fe.4H2O.H2S/h;5*1H2/q+2;;;;;/p-2. The van der Waals surface area contributed by atoms with Crippen LogP contribution in [0.2, 0.25) is 0 Å². The second kappa shape index (κ2) is 252. The molecule has 0 amide bonds. The van der Waals surface area contributed by atoms with Gasteiger partial charge in [0.25, 0.3) is 0 Å². The zero-order chi connectivity index (χ0) is 0. The van der Waals surface area contributed by atoms with Gasteiger partial charge in [0.1, 0.15) is 0 Å². The van der Waals surface area contributed by atoms with Crippen molar-refractivity contribution in [3.63, 3.8) is 0 Å². The average Bonchev–Trinajstić information content (AvgIpc) is 0. The quantitative estimate of drug-likeness (QED) is 0.384. The molecular weight excluding hydrogens is 152 g/mol. The Bertz CT molecular complexity index is 7.51. The van der Waals surface area contributed by atoms with Gasteiger partial charge in [-0.05, 0) is 0 Å². The summed E-state index contributed by atoms with van der Waals surface area (Å²) in [6.45, 7) is 0. The first-order valence-electron chi connectivity index (χ1n) is 0. The maximum Gasteiger partial charge on any atom is 2.00 e. The molecule has 0 aliphatic carbocycles. The van der Waals surface area contributed by atoms with Gasteiger partial charge in [-0.1, -0.05) is 0 Å². The fourth-order valence-corrected chi connectivity index (χ4v) is 0. The first-order chi connectivity index (χ1) is 0. The third-order valence-corrected chi connectivity index (χ3v) is 0. The minimum Gasteiger partial charge on any atom is -0.870 e. The summed E-state index contributed by atoms with van der Waals surface area (Å²) >= 11 is 0. The summed E-state index contributed by atoms with van der Waals surface area (Å²) in [5.74, 6) is 0. The molecule has 0 aromatic carbocycles. The largest absolute Gasteiger partial charge is 2.00 e. The van der Waals surface area contributed by atoms with Gasteiger partial charge < -0.3 is 21.9 Å². The number of hydrogen-bond acceptors (Lipinski definition) is 2. The van der Waals surface area contributed by atoms with E-state index in [1.807, 2.05) is 0 Å². The Morgan fingerprint density at radius 2 is 0.667 bits per heavy atom. The van der Waals surface area contributed by atoms with Crippen LogP contribution in [-0.4, -0.2) is 21.9 Å². The summed E-state index contributed by atoms with van der Waals surface area (Å²) in [5.41, 5.74) is 0. The molecule has 0 radical (unpaired) electrons. The predicted molar refractivity (Wildman–Crippen MR) is 21.5 cm³/mol. The molecule has 0 bridgehead atoms. The van der Waals surface area contributed by atoms with Crippen molar-refractivity contribution >= 4 is 13.5 Å². The Kier molecular flexibility index (Phi) is 18200. The van der Waals surface area contributed by atoms with Crippen LogP contribution in [0.15, 0.2) is 0 Å². The zero-order valence-corrected chi connectivity index (χ0v) is 4.85. The summed E-state index contributed by atoms with van der Waals surface area (Å²) < 4.78 is 0. The molecule has 0 unspecified atom stereocenters. The maximum atomic E-state index is 0. The van der Waals surface area contributed by atoms with Crippen molar-refractivity contribution in [1.29, 1.82) is 0 Å². The molecule has 0 aromatic heterocycles. The van der Waals surface area contributed by atoms with Gasteiger partial charge in [0.05, 0.1) is 0 Å². The van der Waals surface area contributed by atoms with E-state index in [9.17, 15) is 0 Å². The van der Waals surface area contributed by atoms with Crippen molar-refractivity contribution < 1.29 is 39.0 Å². The second-order valence-electron chi connectivity index (χ2n) is 0. The van der Waals surface area contributed by atoms with E-state index < -0.39 is 0 Å². The van der Waals surface area contributed by atoms with Gasteiger partial charge in [-0.15, -0.1) is 0 Å². The van der Waals surface area contributed by atoms with Gasteiger partial charge in [-0.25, -0.2) is 0 Å². The van der Waals surface area contributed by atoms with Crippen LogP contribution in [-0.2, 0) is 17.1 Å². The van der Waals surface area contributed by atoms with E-state index in [2.05, 4.69) is 0 Å². The SMILES string of the molecule is O.O.S.[Fe+2].[OH-].[OH-]. The van der Waals surface area contributed by atoms with Crippen LogP contribution in [0.5, 0.6) is 0 Å². The van der Waals surface area contributed by atoms with Crippen LogP contribution >= 0.6 is 13.5 Å². The Morgan fingerprint density at radius 1 is 0.667 bits per heavy atom. The molecule has 4 nitrogen and oxygen atoms in total. The van der Waals surface area contributed by atoms with E-state index in [0.717, 1.165) is 0 Å². The van der Waals surface area contributed by atoms with Crippen molar-refractivity contribution in [3.05, 3.63) is 0 Å². The van der Waals surface area contributed by atoms with Gasteiger partial charge in [0.2, 0.25) is 0 Å². The molecule has 6 heteroatoms. The minimum atomic E-state index is 0. The van der Waals surface area contributed by atoms with Crippen LogP contribution in [0.25, 0.3) is 0 Å². The van der Waals surface area contributed by atoms with Crippen molar-refractivity contribution in [2.24, 2.45) is 0 Å². The van der Waals surface area contributed by atoms with Crippen LogP contribution < -0.4 is 0 Å². The number of rotatable bonds is 0. The van der Waals surface area contributed by atoms with Crippen molar-refractivity contribution in [3.8, 4) is 0 Å². The Hall–Kier alpha value is 0.709. The van der Waals surface area contributed by atoms with Crippen LogP contribution in [0, 0.1) is 0 Å². The van der Waals surface area contributed by atoms with E-state index in [1.165, 1.54) is 0 Å². The molecule has 6 N–H and O–H groups in total. The molecule has 0 atom stereocenters. The molecule has 0 rings (SSSR count). The number of hydrogen-bond donors (Lipinski definition) is 0. The average molecular weight is 160 g/mol. The maximum absolute atomic E-state index is 0. The van der Waals surface area contributed by atoms with E-state index in [0.29, 0.717) is 0 Å². The predicted octanol–water partition coefficient (Wildman–Crippen LogP) is -1.89. The molecule has 0 heterocycles. The molecule has 0 aliphatic rings. The summed E-state index contributed by atoms with van der Waals surface area (Å²) in [6, 6.07) is 0. The zero-order valence-electron chi connectivity index (χ0n) is 2.75. The van der Waals surface area contributed by atoms with E-state index in [1.54, 1.807) is 0 Å². The Morgan fingerprint density at radius 3 is 0.667 bits per heavy atom. The second-order valence-corrected chi connectivity index (χ2v) is 0. The topological polar surface area (TPSA) is 123 Å². The monoisotopic (exact) mass is 160 g/mol. The molecule has 46 valence electrons. The van der Waals surface area contributed by atoms with E-state index >= 15 is 0 Å². The van der Waals surface area contributed by atoms with Crippen LogP contribution in [0.3, 0.4) is 0 Å². The molecule has 0 aromatic rings. The van der Waals surface area contributed by atoms with Crippen LogP contribution in [0.4, 0.5) is 0 Å². The molecular formula is H8FeO4S. The molecule has 6 heavy (non-hydrogen) atoms. The van der Waals surface area contributed by atoms with Crippen molar-refractivity contribution in [2.45, 2.75) is 0 Å². The van der Waals surface area contributed by atoms with Crippen LogP contribution in [0.1, 0.15) is 0 Å². The summed E-state index contributed by atoms with van der Waals surface area (Å²) in [6.07, 6.45) is 0. The molecule has 0 saturated carbocycles. The van der Waals surface area contributed by atoms with Gasteiger partial charge in [0.15, 0.2) is 0 Å². The summed E-state index contributed by atoms with van der Waals surface area (Å²) in [4.78, 5) is 0. The van der Waals surface area contributed by atoms with E-state index in [-0.39, 0.29) is 52.5 Å². The third-order valence-electron chi connectivity index (χ3n) is 0. The fraction of sp³-hybridized carbons (Fsp3) is 0. The molecule has 0 spiro atoms. The van der Waals surface area contributed by atoms with Gasteiger partial charge >= 0.3 is 17.1 Å². The van der Waals surface area contributed by atoms with Gasteiger partial charge in [0, 0.05) is 0 Å². The molecule has 0 fully saturated rings. The molecule has 0 aliphatic heterocycles. The summed E-state index contributed by atoms with van der Waals surface area (Å²) in [5, 5.41) is 0. The fourth-order valence-electron chi connectivity index (χ4n) is 0. The molecule has 0 saturated heterocycles. The first kappa shape index (κ1) is 435. The summed E-state index contributed by atoms with van der Waals surface area (Å²) in [7, 11) is 0. The van der Waals surface area contributed by atoms with Gasteiger partial charge in [-0.3, -0.25) is 0 Å². The Labute approximate surface area is 53.1 Å². The third kappa shape index (κ3) is 129. The first-order valence-corrected chi connectivity index (χ1v) is 0. The van der Waals surface area contributed by atoms with Crippen molar-refractivity contribution in [2.75, 3.05) is 0 Å². The van der Waals surface area contributed by atoms with Crippen molar-refractivity contribution in [1.82, 2.24) is 0 Å². The Balaban J connectivity index is 0. The minimum absolute atomic E-state index is 0. The van der Waals surface area contributed by atoms with E-state index in [4.69, 9.17) is 0 Å². The smallest absolute Gasteiger partial charge is 0.870 e. The van der Waals surface area contributed by atoms with Gasteiger partial charge in [-0.2, -0.15) is 13.5 Å².